The van der Waals surface area contributed by atoms with Crippen LogP contribution in [0.15, 0.2) is 40.9 Å². The Balaban J connectivity index is 1.68. The number of cyclic esters (lactones) is 1. The maximum atomic E-state index is 14.7. The molecule has 28 heavy (non-hydrogen) atoms. The van der Waals surface area contributed by atoms with Crippen molar-refractivity contribution < 1.29 is 18.7 Å². The van der Waals surface area contributed by atoms with Gasteiger partial charge in [-0.2, -0.15) is 5.10 Å². The number of aliphatic imine (C=N–C) groups is 1. The molecule has 1 atom stereocenters. The zero-order chi connectivity index (χ0) is 20.1. The monoisotopic (exact) mass is 389 g/mol. The number of hydrazone groups is 1. The van der Waals surface area contributed by atoms with Crippen LogP contribution in [-0.4, -0.2) is 69.3 Å². The molecule has 0 saturated carbocycles. The zero-order valence-electron chi connectivity index (χ0n) is 16.0. The number of carbonyl (C=O) groups excluding carboxylic acids is 1. The number of halogens is 1. The number of rotatable bonds is 6. The first-order chi connectivity index (χ1) is 13.5. The third-order valence-corrected chi connectivity index (χ3v) is 4.53. The highest BCUT2D eigenvalue weighted by Gasteiger charge is 2.32. The van der Waals surface area contributed by atoms with E-state index in [1.165, 1.54) is 18.1 Å². The Hall–Kier alpha value is -3.10. The molecule has 1 saturated heterocycles. The number of hydrogen-bond acceptors (Lipinski definition) is 7. The van der Waals surface area contributed by atoms with E-state index in [4.69, 9.17) is 9.47 Å². The van der Waals surface area contributed by atoms with Crippen LogP contribution in [0.5, 0.6) is 0 Å². The fourth-order valence-corrected chi connectivity index (χ4v) is 2.96. The van der Waals surface area contributed by atoms with Crippen molar-refractivity contribution in [1.29, 1.82) is 0 Å². The summed E-state index contributed by atoms with van der Waals surface area (Å²) in [7, 11) is 1.53. The van der Waals surface area contributed by atoms with Gasteiger partial charge in [0.25, 0.3) is 0 Å². The van der Waals surface area contributed by atoms with E-state index in [0.717, 1.165) is 0 Å². The summed E-state index contributed by atoms with van der Waals surface area (Å²) in [6.07, 6.45) is 2.46. The Morgan fingerprint density at radius 3 is 2.96 bits per heavy atom. The molecule has 0 bridgehead atoms. The maximum Gasteiger partial charge on any atom is 0.414 e. The van der Waals surface area contributed by atoms with Gasteiger partial charge in [-0.05, 0) is 18.2 Å². The molecule has 1 unspecified atom stereocenters. The lowest BCUT2D eigenvalue weighted by Crippen LogP contribution is -2.38. The van der Waals surface area contributed by atoms with Crippen molar-refractivity contribution in [3.63, 3.8) is 0 Å². The lowest BCUT2D eigenvalue weighted by atomic mass is 10.2. The molecule has 8 nitrogen and oxygen atoms in total. The first kappa shape index (κ1) is 19.7. The van der Waals surface area contributed by atoms with E-state index in [1.807, 2.05) is 5.01 Å². The van der Waals surface area contributed by atoms with Crippen LogP contribution in [0.25, 0.3) is 0 Å². The van der Waals surface area contributed by atoms with Crippen molar-refractivity contribution in [2.45, 2.75) is 13.0 Å². The number of carbonyl (C=O) groups is 1. The van der Waals surface area contributed by atoms with Gasteiger partial charge in [0.1, 0.15) is 18.3 Å². The maximum absolute atomic E-state index is 14.7. The summed E-state index contributed by atoms with van der Waals surface area (Å²) >= 11 is 0. The van der Waals surface area contributed by atoms with Crippen LogP contribution in [0.1, 0.15) is 6.92 Å². The van der Waals surface area contributed by atoms with Gasteiger partial charge in [0.2, 0.25) is 0 Å². The van der Waals surface area contributed by atoms with Crippen LogP contribution in [-0.2, 0) is 9.47 Å². The lowest BCUT2D eigenvalue weighted by molar-refractivity contribution is 0.145. The minimum atomic E-state index is -0.512. The average Bonchev–Trinajstić information content (AvgIpc) is 3.07. The van der Waals surface area contributed by atoms with Gasteiger partial charge in [-0.1, -0.05) is 6.08 Å². The van der Waals surface area contributed by atoms with Gasteiger partial charge in [-0.3, -0.25) is 14.9 Å². The van der Waals surface area contributed by atoms with Crippen molar-refractivity contribution in [3.05, 3.63) is 36.7 Å². The summed E-state index contributed by atoms with van der Waals surface area (Å²) in [5.74, 6) is 0.0883. The topological polar surface area (TPSA) is 70.0 Å². The van der Waals surface area contributed by atoms with Gasteiger partial charge in [-0.25, -0.2) is 9.18 Å². The van der Waals surface area contributed by atoms with Crippen LogP contribution in [0, 0.1) is 5.82 Å². The predicted octanol–water partition coefficient (Wildman–Crippen LogP) is 2.47. The molecule has 2 heterocycles. The first-order valence-corrected chi connectivity index (χ1v) is 9.01. The summed E-state index contributed by atoms with van der Waals surface area (Å²) in [6.45, 7) is 7.95. The molecule has 0 spiro atoms. The quantitative estimate of drug-likeness (QED) is 0.425. The second-order valence-corrected chi connectivity index (χ2v) is 6.44. The van der Waals surface area contributed by atoms with Crippen molar-refractivity contribution in [1.82, 2.24) is 5.01 Å². The van der Waals surface area contributed by atoms with Gasteiger partial charge in [0.15, 0.2) is 5.90 Å². The van der Waals surface area contributed by atoms with Gasteiger partial charge < -0.3 is 14.4 Å². The molecule has 0 N–H and O–H groups in total. The Labute approximate surface area is 163 Å². The molecular formula is C19H24FN5O3. The molecule has 2 aliphatic heterocycles. The fraction of sp³-hybridized carbons (Fsp3) is 0.421. The van der Waals surface area contributed by atoms with E-state index in [1.54, 1.807) is 36.4 Å². The predicted molar refractivity (Wildman–Crippen MR) is 107 cm³/mol. The van der Waals surface area contributed by atoms with E-state index in [9.17, 15) is 9.18 Å². The Morgan fingerprint density at radius 2 is 2.32 bits per heavy atom. The van der Waals surface area contributed by atoms with Crippen LogP contribution >= 0.6 is 0 Å². The number of anilines is 2. The van der Waals surface area contributed by atoms with Crippen molar-refractivity contribution in [3.8, 4) is 0 Å². The number of hydrogen-bond donors (Lipinski definition) is 0. The molecule has 1 fully saturated rings. The zero-order valence-corrected chi connectivity index (χ0v) is 16.0. The molecule has 1 aromatic rings. The number of ether oxygens (including phenoxy) is 2. The second kappa shape index (κ2) is 8.73. The number of benzene rings is 1. The van der Waals surface area contributed by atoms with E-state index >= 15 is 0 Å². The van der Waals surface area contributed by atoms with Crippen LogP contribution in [0.3, 0.4) is 0 Å². The average molecular weight is 389 g/mol. The van der Waals surface area contributed by atoms with E-state index in [-0.39, 0.29) is 0 Å². The van der Waals surface area contributed by atoms with Crippen LogP contribution < -0.4 is 9.80 Å². The Bertz CT molecular complexity index is 798. The molecular weight excluding hydrogens is 365 g/mol. The second-order valence-electron chi connectivity index (χ2n) is 6.44. The van der Waals surface area contributed by atoms with E-state index in [0.29, 0.717) is 50.0 Å². The third kappa shape index (κ3) is 4.41. The highest BCUT2D eigenvalue weighted by Crippen LogP contribution is 2.28. The summed E-state index contributed by atoms with van der Waals surface area (Å²) in [5, 5.41) is 6.12. The molecule has 9 heteroatoms. The molecule has 1 aromatic carbocycles. The normalized spacial score (nSPS) is 19.8. The van der Waals surface area contributed by atoms with E-state index in [2.05, 4.69) is 16.7 Å². The molecule has 0 radical (unpaired) electrons. The number of methoxy groups -OCH3 is 1. The minimum Gasteiger partial charge on any atom is -0.484 e. The largest absolute Gasteiger partial charge is 0.484 e. The molecule has 0 aromatic heterocycles. The number of nitrogens with zero attached hydrogens (tertiary/aromatic N) is 5. The van der Waals surface area contributed by atoms with Crippen LogP contribution in [0.4, 0.5) is 20.6 Å². The van der Waals surface area contributed by atoms with Crippen molar-refractivity contribution in [2.24, 2.45) is 10.1 Å². The van der Waals surface area contributed by atoms with Crippen molar-refractivity contribution in [2.75, 3.05) is 49.6 Å². The molecule has 1 amide bonds. The summed E-state index contributed by atoms with van der Waals surface area (Å²) < 4.78 is 25.0. The van der Waals surface area contributed by atoms with Gasteiger partial charge in [0, 0.05) is 13.5 Å². The smallest absolute Gasteiger partial charge is 0.414 e. The molecule has 0 aliphatic carbocycles. The summed E-state index contributed by atoms with van der Waals surface area (Å²) in [5.41, 5.74) is 0.860. The highest BCUT2D eigenvalue weighted by atomic mass is 19.1. The first-order valence-electron chi connectivity index (χ1n) is 9.01. The van der Waals surface area contributed by atoms with Gasteiger partial charge >= 0.3 is 6.09 Å². The molecule has 3 rings (SSSR count). The van der Waals surface area contributed by atoms with Gasteiger partial charge in [0.05, 0.1) is 44.7 Å². The Morgan fingerprint density at radius 1 is 1.50 bits per heavy atom. The molecule has 2 aliphatic rings. The van der Waals surface area contributed by atoms with E-state index < -0.39 is 18.0 Å². The minimum absolute atomic E-state index is 0.300. The SMILES string of the molecule is C=CCN1CCN(c2ccc(N3CC(CN=C(C)OC)OC3=O)cc2F)C=N1. The lowest BCUT2D eigenvalue weighted by Gasteiger charge is -2.29. The Kier molecular flexibility index (Phi) is 6.13. The molecule has 150 valence electrons. The summed E-state index contributed by atoms with van der Waals surface area (Å²) in [6, 6.07) is 4.69. The van der Waals surface area contributed by atoms with Gasteiger partial charge in [-0.15, -0.1) is 6.58 Å². The third-order valence-electron chi connectivity index (χ3n) is 4.53. The fourth-order valence-electron chi connectivity index (χ4n) is 2.96. The highest BCUT2D eigenvalue weighted by molar-refractivity contribution is 5.90. The van der Waals surface area contributed by atoms with Crippen LogP contribution in [0.2, 0.25) is 0 Å². The number of amides is 1. The standard InChI is InChI=1S/C19H24FN5O3/c1-4-7-24-9-8-23(13-22-24)18-6-5-15(10-17(18)20)25-12-16(28-19(25)26)11-21-14(2)27-3/h4-6,10,13,16H,1,7-9,11-12H2,2-3H3. The summed E-state index contributed by atoms with van der Waals surface area (Å²) in [4.78, 5) is 19.5. The van der Waals surface area contributed by atoms with Crippen molar-refractivity contribution >= 4 is 29.7 Å².